The number of benzene rings is 1. The molecule has 1 heterocycles. The third-order valence-corrected chi connectivity index (χ3v) is 3.60. The first kappa shape index (κ1) is 13.3. The molecule has 0 saturated heterocycles. The molecule has 0 bridgehead atoms. The lowest BCUT2D eigenvalue weighted by molar-refractivity contribution is 0.174. The van der Waals surface area contributed by atoms with E-state index in [4.69, 9.17) is 0 Å². The van der Waals surface area contributed by atoms with E-state index in [0.717, 1.165) is 28.0 Å². The molecule has 0 fully saturated rings. The van der Waals surface area contributed by atoms with E-state index in [2.05, 4.69) is 32.4 Å². The number of imidazole rings is 1. The Bertz CT molecular complexity index is 536. The maximum Gasteiger partial charge on any atom is 0.111 e. The molecule has 0 aliphatic heterocycles. The average Bonchev–Trinajstić information content (AvgIpc) is 2.76. The van der Waals surface area contributed by atoms with Crippen LogP contribution in [0.4, 0.5) is 0 Å². The molecule has 3 nitrogen and oxygen atoms in total. The van der Waals surface area contributed by atoms with Crippen LogP contribution in [0.3, 0.4) is 0 Å². The number of aliphatic hydroxyl groups excluding tert-OH is 1. The molecule has 1 N–H and O–H groups in total. The molecule has 1 aromatic heterocycles. The van der Waals surface area contributed by atoms with Crippen LogP contribution in [0.2, 0.25) is 0 Å². The smallest absolute Gasteiger partial charge is 0.111 e. The second-order valence-corrected chi connectivity index (χ2v) is 5.27. The normalized spacial score (nSPS) is 12.7. The van der Waals surface area contributed by atoms with Gasteiger partial charge >= 0.3 is 0 Å². The predicted molar refractivity (Wildman–Crippen MR) is 75.4 cm³/mol. The first-order valence-electron chi connectivity index (χ1n) is 6.06. The Morgan fingerprint density at radius 2 is 2.22 bits per heavy atom. The van der Waals surface area contributed by atoms with Crippen LogP contribution >= 0.6 is 15.9 Å². The first-order chi connectivity index (χ1) is 8.61. The van der Waals surface area contributed by atoms with E-state index in [1.165, 1.54) is 0 Å². The van der Waals surface area contributed by atoms with Crippen LogP contribution in [0, 0.1) is 6.92 Å². The van der Waals surface area contributed by atoms with Crippen LogP contribution in [0.1, 0.15) is 30.0 Å². The van der Waals surface area contributed by atoms with Crippen LogP contribution in [0.25, 0.3) is 0 Å². The molecule has 0 aliphatic rings. The van der Waals surface area contributed by atoms with E-state index in [-0.39, 0.29) is 0 Å². The van der Waals surface area contributed by atoms with Gasteiger partial charge in [0.15, 0.2) is 0 Å². The molecule has 1 aromatic carbocycles. The Hall–Kier alpha value is -1.13. The van der Waals surface area contributed by atoms with Crippen molar-refractivity contribution in [1.29, 1.82) is 0 Å². The quantitative estimate of drug-likeness (QED) is 0.941. The van der Waals surface area contributed by atoms with Crippen LogP contribution in [0.5, 0.6) is 0 Å². The van der Waals surface area contributed by atoms with E-state index in [1.54, 1.807) is 6.20 Å². The topological polar surface area (TPSA) is 38.0 Å². The van der Waals surface area contributed by atoms with E-state index in [9.17, 15) is 5.11 Å². The summed E-state index contributed by atoms with van der Waals surface area (Å²) in [5.41, 5.74) is 2.05. The van der Waals surface area contributed by atoms with Gasteiger partial charge in [0.2, 0.25) is 0 Å². The number of rotatable bonds is 4. The van der Waals surface area contributed by atoms with Crippen molar-refractivity contribution in [3.63, 3.8) is 0 Å². The lowest BCUT2D eigenvalue weighted by atomic mass is 10.0. The summed E-state index contributed by atoms with van der Waals surface area (Å²) >= 11 is 3.43. The number of nitrogens with zero attached hydrogens (tertiary/aromatic N) is 2. The van der Waals surface area contributed by atoms with Gasteiger partial charge in [0.05, 0.1) is 6.10 Å². The van der Waals surface area contributed by atoms with Gasteiger partial charge in [-0.05, 0) is 37.1 Å². The Kier molecular flexibility index (Phi) is 4.19. The molecule has 1 atom stereocenters. The van der Waals surface area contributed by atoms with Crippen molar-refractivity contribution in [2.24, 2.45) is 0 Å². The Balaban J connectivity index is 2.19. The molecule has 2 rings (SSSR count). The minimum Gasteiger partial charge on any atom is -0.388 e. The summed E-state index contributed by atoms with van der Waals surface area (Å²) in [6, 6.07) is 5.94. The fraction of sp³-hybridized carbons (Fsp3) is 0.357. The minimum atomic E-state index is -0.509. The zero-order chi connectivity index (χ0) is 13.1. The molecule has 0 aliphatic carbocycles. The highest BCUT2D eigenvalue weighted by atomic mass is 79.9. The lowest BCUT2D eigenvalue weighted by Crippen LogP contribution is -2.09. The van der Waals surface area contributed by atoms with Gasteiger partial charge in [-0.1, -0.05) is 22.0 Å². The third-order valence-electron chi connectivity index (χ3n) is 3.11. The van der Waals surface area contributed by atoms with Crippen molar-refractivity contribution in [3.8, 4) is 0 Å². The molecule has 0 radical (unpaired) electrons. The summed E-state index contributed by atoms with van der Waals surface area (Å²) in [4.78, 5) is 4.29. The molecule has 0 amide bonds. The van der Waals surface area contributed by atoms with Crippen LogP contribution < -0.4 is 0 Å². The summed E-state index contributed by atoms with van der Waals surface area (Å²) < 4.78 is 3.09. The van der Waals surface area contributed by atoms with E-state index in [0.29, 0.717) is 6.42 Å². The standard InChI is InChI=1S/C14H17BrN2O/c1-3-17-7-6-16-14(17)9-13(18)12-5-4-11(15)8-10(12)2/h4-8,13,18H,3,9H2,1-2H3. The van der Waals surface area contributed by atoms with Crippen LogP contribution in [-0.2, 0) is 13.0 Å². The molecule has 0 saturated carbocycles. The van der Waals surface area contributed by atoms with E-state index in [1.807, 2.05) is 31.3 Å². The van der Waals surface area contributed by atoms with Gasteiger partial charge in [0.25, 0.3) is 0 Å². The Morgan fingerprint density at radius 3 is 2.89 bits per heavy atom. The highest BCUT2D eigenvalue weighted by Crippen LogP contribution is 2.24. The number of hydrogen-bond acceptors (Lipinski definition) is 2. The number of aryl methyl sites for hydroxylation is 2. The van der Waals surface area contributed by atoms with Crippen molar-refractivity contribution in [1.82, 2.24) is 9.55 Å². The molecular formula is C14H17BrN2O. The largest absolute Gasteiger partial charge is 0.388 e. The zero-order valence-corrected chi connectivity index (χ0v) is 12.2. The van der Waals surface area contributed by atoms with Crippen molar-refractivity contribution in [2.75, 3.05) is 0 Å². The Morgan fingerprint density at radius 1 is 1.44 bits per heavy atom. The van der Waals surface area contributed by atoms with E-state index >= 15 is 0 Å². The van der Waals surface area contributed by atoms with Crippen LogP contribution in [-0.4, -0.2) is 14.7 Å². The second kappa shape index (κ2) is 5.67. The van der Waals surface area contributed by atoms with Gasteiger partial charge in [-0.25, -0.2) is 4.98 Å². The van der Waals surface area contributed by atoms with Gasteiger partial charge in [-0.2, -0.15) is 0 Å². The third kappa shape index (κ3) is 2.82. The maximum atomic E-state index is 10.3. The van der Waals surface area contributed by atoms with Crippen molar-refractivity contribution in [3.05, 3.63) is 52.0 Å². The highest BCUT2D eigenvalue weighted by Gasteiger charge is 2.14. The van der Waals surface area contributed by atoms with Crippen molar-refractivity contribution >= 4 is 15.9 Å². The number of halogens is 1. The molecular weight excluding hydrogens is 292 g/mol. The molecule has 18 heavy (non-hydrogen) atoms. The Labute approximate surface area is 116 Å². The summed E-state index contributed by atoms with van der Waals surface area (Å²) in [7, 11) is 0. The number of aliphatic hydroxyl groups is 1. The SMILES string of the molecule is CCn1ccnc1CC(O)c1ccc(Br)cc1C. The maximum absolute atomic E-state index is 10.3. The summed E-state index contributed by atoms with van der Waals surface area (Å²) in [6.45, 7) is 4.96. The van der Waals surface area contributed by atoms with E-state index < -0.39 is 6.10 Å². The minimum absolute atomic E-state index is 0.509. The summed E-state index contributed by atoms with van der Waals surface area (Å²) in [6.07, 6.45) is 3.76. The predicted octanol–water partition coefficient (Wildman–Crippen LogP) is 3.25. The fourth-order valence-corrected chi connectivity index (χ4v) is 2.59. The molecule has 0 spiro atoms. The zero-order valence-electron chi connectivity index (χ0n) is 10.6. The molecule has 2 aromatic rings. The van der Waals surface area contributed by atoms with Crippen molar-refractivity contribution < 1.29 is 5.11 Å². The van der Waals surface area contributed by atoms with Crippen molar-refractivity contribution in [2.45, 2.75) is 32.9 Å². The van der Waals surface area contributed by atoms with Gasteiger partial charge < -0.3 is 9.67 Å². The number of hydrogen-bond donors (Lipinski definition) is 1. The highest BCUT2D eigenvalue weighted by molar-refractivity contribution is 9.10. The lowest BCUT2D eigenvalue weighted by Gasteiger charge is -2.14. The number of aromatic nitrogens is 2. The van der Waals surface area contributed by atoms with Gasteiger partial charge in [0.1, 0.15) is 5.82 Å². The molecule has 96 valence electrons. The molecule has 1 unspecified atom stereocenters. The summed E-state index contributed by atoms with van der Waals surface area (Å²) in [5.74, 6) is 0.923. The van der Waals surface area contributed by atoms with Gasteiger partial charge in [0, 0.05) is 29.8 Å². The van der Waals surface area contributed by atoms with Gasteiger partial charge in [-0.15, -0.1) is 0 Å². The fourth-order valence-electron chi connectivity index (χ4n) is 2.11. The molecule has 4 heteroatoms. The monoisotopic (exact) mass is 308 g/mol. The average molecular weight is 309 g/mol. The van der Waals surface area contributed by atoms with Crippen LogP contribution in [0.15, 0.2) is 35.1 Å². The van der Waals surface area contributed by atoms with Gasteiger partial charge in [-0.3, -0.25) is 0 Å². The first-order valence-corrected chi connectivity index (χ1v) is 6.85. The summed E-state index contributed by atoms with van der Waals surface area (Å²) in [5, 5.41) is 10.3. The second-order valence-electron chi connectivity index (χ2n) is 4.35.